The van der Waals surface area contributed by atoms with E-state index in [1.807, 2.05) is 83.1 Å². The summed E-state index contributed by atoms with van der Waals surface area (Å²) in [4.78, 5) is 4.49. The Hall–Kier alpha value is -3.01. The first-order chi connectivity index (χ1) is 14.6. The van der Waals surface area contributed by atoms with E-state index in [0.717, 1.165) is 40.1 Å². The predicted molar refractivity (Wildman–Crippen MR) is 131 cm³/mol. The van der Waals surface area contributed by atoms with Crippen LogP contribution in [0.3, 0.4) is 0 Å². The molecule has 0 saturated carbocycles. The second kappa shape index (κ2) is 13.3. The molecule has 4 nitrogen and oxygen atoms in total. The Balaban J connectivity index is 0.00000106. The van der Waals surface area contributed by atoms with Crippen LogP contribution in [0.25, 0.3) is 10.8 Å². The van der Waals surface area contributed by atoms with Crippen LogP contribution in [0.2, 0.25) is 0 Å². The summed E-state index contributed by atoms with van der Waals surface area (Å²) in [5.41, 5.74) is 8.97. The number of hydrogen-bond donors (Lipinski definition) is 2. The van der Waals surface area contributed by atoms with Crippen molar-refractivity contribution >= 4 is 16.5 Å². The molecule has 0 fully saturated rings. The smallest absolute Gasteiger partial charge is 0.135 e. The minimum absolute atomic E-state index is 0.105. The molecule has 0 aliphatic carbocycles. The molecule has 1 heterocycles. The molecule has 0 aliphatic rings. The molecule has 30 heavy (non-hydrogen) atoms. The SMILES string of the molecule is C/C=C(/CC)NC(C)c1cc(Oc2ccc(N)c3ccccc23)ccn1.CC.CC. The first-order valence-corrected chi connectivity index (χ1v) is 10.9. The van der Waals surface area contributed by atoms with Crippen molar-refractivity contribution in [3.05, 3.63) is 72.2 Å². The first-order valence-electron chi connectivity index (χ1n) is 10.9. The monoisotopic (exact) mass is 407 g/mol. The Labute approximate surface area is 182 Å². The Morgan fingerprint density at radius 1 is 1.07 bits per heavy atom. The van der Waals surface area contributed by atoms with Crippen molar-refractivity contribution < 1.29 is 4.74 Å². The lowest BCUT2D eigenvalue weighted by Gasteiger charge is -2.17. The lowest BCUT2D eigenvalue weighted by molar-refractivity contribution is 0.484. The second-order valence-corrected chi connectivity index (χ2v) is 6.25. The van der Waals surface area contributed by atoms with E-state index in [2.05, 4.69) is 30.2 Å². The fraction of sp³-hybridized carbons (Fsp3) is 0.346. The summed E-state index contributed by atoms with van der Waals surface area (Å²) in [6.45, 7) is 14.3. The summed E-state index contributed by atoms with van der Waals surface area (Å²) in [5, 5.41) is 5.48. The molecular weight excluding hydrogens is 370 g/mol. The maximum atomic E-state index is 6.16. The maximum absolute atomic E-state index is 6.16. The van der Waals surface area contributed by atoms with Crippen LogP contribution < -0.4 is 15.8 Å². The summed E-state index contributed by atoms with van der Waals surface area (Å²) < 4.78 is 6.16. The third-order valence-corrected chi connectivity index (χ3v) is 4.47. The zero-order valence-electron chi connectivity index (χ0n) is 19.5. The van der Waals surface area contributed by atoms with Gasteiger partial charge in [0.1, 0.15) is 11.5 Å². The molecule has 0 saturated heterocycles. The first kappa shape index (κ1) is 25.0. The number of nitrogens with one attached hydrogen (secondary N) is 1. The van der Waals surface area contributed by atoms with Gasteiger partial charge in [-0.05, 0) is 38.5 Å². The van der Waals surface area contributed by atoms with Crippen LogP contribution in [0.15, 0.2) is 66.5 Å². The van der Waals surface area contributed by atoms with Gasteiger partial charge in [-0.15, -0.1) is 0 Å². The largest absolute Gasteiger partial charge is 0.457 e. The molecule has 0 aliphatic heterocycles. The summed E-state index contributed by atoms with van der Waals surface area (Å²) >= 11 is 0. The van der Waals surface area contributed by atoms with Crippen molar-refractivity contribution in [3.63, 3.8) is 0 Å². The predicted octanol–water partition coefficient (Wildman–Crippen LogP) is 7.63. The Bertz CT molecular complexity index is 934. The molecule has 3 aromatic rings. The van der Waals surface area contributed by atoms with Crippen LogP contribution in [0.4, 0.5) is 5.69 Å². The van der Waals surface area contributed by atoms with Gasteiger partial charge in [0.2, 0.25) is 0 Å². The molecule has 2 aromatic carbocycles. The lowest BCUT2D eigenvalue weighted by atomic mass is 10.1. The summed E-state index contributed by atoms with van der Waals surface area (Å²) in [7, 11) is 0. The highest BCUT2D eigenvalue weighted by molar-refractivity contribution is 5.97. The van der Waals surface area contributed by atoms with Gasteiger partial charge in [0.25, 0.3) is 0 Å². The molecule has 1 aromatic heterocycles. The zero-order valence-corrected chi connectivity index (χ0v) is 19.5. The fourth-order valence-electron chi connectivity index (χ4n) is 2.98. The molecular formula is C26H37N3O. The molecule has 162 valence electrons. The number of ether oxygens (including phenoxy) is 1. The molecule has 4 heteroatoms. The van der Waals surface area contributed by atoms with Crippen molar-refractivity contribution in [2.75, 3.05) is 5.73 Å². The number of benzene rings is 2. The normalized spacial score (nSPS) is 11.5. The molecule has 0 amide bonds. The van der Waals surface area contributed by atoms with Gasteiger partial charge in [-0.1, -0.05) is 65.0 Å². The molecule has 0 radical (unpaired) electrons. The van der Waals surface area contributed by atoms with E-state index in [9.17, 15) is 0 Å². The molecule has 0 bridgehead atoms. The van der Waals surface area contributed by atoms with Gasteiger partial charge in [-0.25, -0.2) is 0 Å². The van der Waals surface area contributed by atoms with Crippen molar-refractivity contribution in [2.45, 2.75) is 60.9 Å². The standard InChI is InChI=1S/C22H25N3O.2C2H6/c1-4-16(5-2)25-15(3)21-14-17(12-13-24-21)26-22-11-10-20(23)18-8-6-7-9-19(18)22;2*1-2/h4,6-15,25H,5,23H2,1-3H3;2*1-2H3/b16-4-;;. The lowest BCUT2D eigenvalue weighted by Crippen LogP contribution is -2.18. The number of pyridine rings is 1. The highest BCUT2D eigenvalue weighted by Gasteiger charge is 2.10. The van der Waals surface area contributed by atoms with Crippen LogP contribution in [0, 0.1) is 0 Å². The highest BCUT2D eigenvalue weighted by atomic mass is 16.5. The van der Waals surface area contributed by atoms with Gasteiger partial charge in [0.15, 0.2) is 0 Å². The van der Waals surface area contributed by atoms with Gasteiger partial charge in [-0.3, -0.25) is 4.98 Å². The number of nitrogen functional groups attached to an aromatic ring is 1. The topological polar surface area (TPSA) is 60.2 Å². The number of nitrogens with two attached hydrogens (primary N) is 1. The average molecular weight is 408 g/mol. The number of allylic oxidation sites excluding steroid dienone is 2. The molecule has 0 spiro atoms. The van der Waals surface area contributed by atoms with E-state index in [4.69, 9.17) is 10.5 Å². The van der Waals surface area contributed by atoms with Gasteiger partial charge >= 0.3 is 0 Å². The van der Waals surface area contributed by atoms with E-state index in [-0.39, 0.29) is 6.04 Å². The third-order valence-electron chi connectivity index (χ3n) is 4.47. The number of aromatic nitrogens is 1. The van der Waals surface area contributed by atoms with Gasteiger partial charge in [0, 0.05) is 34.4 Å². The molecule has 1 unspecified atom stereocenters. The van der Waals surface area contributed by atoms with Crippen molar-refractivity contribution in [2.24, 2.45) is 0 Å². The quantitative estimate of drug-likeness (QED) is 0.412. The summed E-state index contributed by atoms with van der Waals surface area (Å²) in [6, 6.07) is 15.7. The Morgan fingerprint density at radius 3 is 2.37 bits per heavy atom. The van der Waals surface area contributed by atoms with E-state index < -0.39 is 0 Å². The Morgan fingerprint density at radius 2 is 1.73 bits per heavy atom. The third kappa shape index (κ3) is 6.51. The van der Waals surface area contributed by atoms with Crippen molar-refractivity contribution in [1.29, 1.82) is 0 Å². The van der Waals surface area contributed by atoms with Crippen molar-refractivity contribution in [1.82, 2.24) is 10.3 Å². The minimum Gasteiger partial charge on any atom is -0.457 e. The van der Waals surface area contributed by atoms with Gasteiger partial charge < -0.3 is 15.8 Å². The van der Waals surface area contributed by atoms with Gasteiger partial charge in [-0.2, -0.15) is 0 Å². The average Bonchev–Trinajstić information content (AvgIpc) is 2.82. The van der Waals surface area contributed by atoms with Crippen LogP contribution in [-0.4, -0.2) is 4.98 Å². The minimum atomic E-state index is 0.105. The number of hydrogen-bond acceptors (Lipinski definition) is 4. The van der Waals surface area contributed by atoms with Crippen LogP contribution >= 0.6 is 0 Å². The zero-order chi connectivity index (χ0) is 22.5. The summed E-state index contributed by atoms with van der Waals surface area (Å²) in [5.74, 6) is 1.55. The van der Waals surface area contributed by atoms with E-state index >= 15 is 0 Å². The fourth-order valence-corrected chi connectivity index (χ4v) is 2.98. The van der Waals surface area contributed by atoms with E-state index in [1.165, 1.54) is 5.70 Å². The summed E-state index contributed by atoms with van der Waals surface area (Å²) in [6.07, 6.45) is 4.84. The number of fused-ring (bicyclic) bond motifs is 1. The van der Waals surface area contributed by atoms with Gasteiger partial charge in [0.05, 0.1) is 11.7 Å². The van der Waals surface area contributed by atoms with Crippen LogP contribution in [-0.2, 0) is 0 Å². The van der Waals surface area contributed by atoms with E-state index in [0.29, 0.717) is 0 Å². The number of nitrogens with zero attached hydrogens (tertiary/aromatic N) is 1. The molecule has 3 N–H and O–H groups in total. The Kier molecular flexibility index (Phi) is 11.1. The number of anilines is 1. The number of rotatable bonds is 6. The highest BCUT2D eigenvalue weighted by Crippen LogP contribution is 2.33. The maximum Gasteiger partial charge on any atom is 0.135 e. The van der Waals surface area contributed by atoms with Crippen molar-refractivity contribution in [3.8, 4) is 11.5 Å². The second-order valence-electron chi connectivity index (χ2n) is 6.25. The molecule has 1 atom stereocenters. The molecule has 3 rings (SSSR count). The van der Waals surface area contributed by atoms with Crippen LogP contribution in [0.5, 0.6) is 11.5 Å². The van der Waals surface area contributed by atoms with E-state index in [1.54, 1.807) is 6.20 Å². The van der Waals surface area contributed by atoms with Crippen LogP contribution in [0.1, 0.15) is 66.6 Å².